The van der Waals surface area contributed by atoms with Gasteiger partial charge in [-0.05, 0) is 32.4 Å². The molecule has 0 saturated carbocycles. The maximum absolute atomic E-state index is 9.46. The highest BCUT2D eigenvalue weighted by atomic mass is 16.3. The highest BCUT2D eigenvalue weighted by Crippen LogP contribution is 2.13. The van der Waals surface area contributed by atoms with Gasteiger partial charge in [-0.25, -0.2) is 0 Å². The van der Waals surface area contributed by atoms with E-state index in [2.05, 4.69) is 12.2 Å². The summed E-state index contributed by atoms with van der Waals surface area (Å²) in [5.74, 6) is 0. The van der Waals surface area contributed by atoms with Gasteiger partial charge in [-0.1, -0.05) is 110 Å². The SMILES string of the molecule is CCCCCCCCCCCCCCCCCCNCCC(O)CC. The number of aliphatic hydroxyl groups is 1. The van der Waals surface area contributed by atoms with Crippen molar-refractivity contribution in [3.05, 3.63) is 0 Å². The smallest absolute Gasteiger partial charge is 0.0549 e. The first-order chi connectivity index (χ1) is 12.3. The van der Waals surface area contributed by atoms with Crippen LogP contribution >= 0.6 is 0 Å². The fraction of sp³-hybridized carbons (Fsp3) is 1.00. The van der Waals surface area contributed by atoms with E-state index < -0.39 is 0 Å². The second-order valence-corrected chi connectivity index (χ2v) is 7.90. The molecule has 0 aromatic carbocycles. The van der Waals surface area contributed by atoms with Crippen LogP contribution in [0.15, 0.2) is 0 Å². The summed E-state index contributed by atoms with van der Waals surface area (Å²) in [5, 5.41) is 12.9. The average Bonchev–Trinajstić information content (AvgIpc) is 2.63. The molecule has 25 heavy (non-hydrogen) atoms. The van der Waals surface area contributed by atoms with Crippen LogP contribution < -0.4 is 5.32 Å². The van der Waals surface area contributed by atoms with E-state index in [1.165, 1.54) is 103 Å². The molecule has 1 unspecified atom stereocenters. The van der Waals surface area contributed by atoms with E-state index >= 15 is 0 Å². The van der Waals surface area contributed by atoms with Crippen molar-refractivity contribution in [3.63, 3.8) is 0 Å². The van der Waals surface area contributed by atoms with E-state index in [4.69, 9.17) is 0 Å². The minimum absolute atomic E-state index is 0.113. The van der Waals surface area contributed by atoms with Gasteiger partial charge in [-0.2, -0.15) is 0 Å². The molecule has 0 spiro atoms. The quantitative estimate of drug-likeness (QED) is 0.217. The minimum Gasteiger partial charge on any atom is -0.393 e. The van der Waals surface area contributed by atoms with Crippen molar-refractivity contribution in [2.45, 2.75) is 136 Å². The largest absolute Gasteiger partial charge is 0.393 e. The number of aliphatic hydroxyl groups excluding tert-OH is 1. The van der Waals surface area contributed by atoms with Crippen LogP contribution in [0.3, 0.4) is 0 Å². The highest BCUT2D eigenvalue weighted by Gasteiger charge is 1.99. The van der Waals surface area contributed by atoms with E-state index in [-0.39, 0.29) is 6.10 Å². The standard InChI is InChI=1S/C23H49NO/c1-3-5-6-7-8-9-10-11-12-13-14-15-16-17-18-19-21-24-22-20-23(25)4-2/h23-25H,3-22H2,1-2H3. The van der Waals surface area contributed by atoms with Crippen molar-refractivity contribution < 1.29 is 5.11 Å². The Kier molecular flexibility index (Phi) is 21.9. The maximum atomic E-state index is 9.46. The van der Waals surface area contributed by atoms with Crippen LogP contribution in [-0.4, -0.2) is 24.3 Å². The number of rotatable bonds is 21. The van der Waals surface area contributed by atoms with Crippen molar-refractivity contribution in [1.82, 2.24) is 5.32 Å². The molecule has 0 fully saturated rings. The van der Waals surface area contributed by atoms with Gasteiger partial charge in [0.15, 0.2) is 0 Å². The first-order valence-electron chi connectivity index (χ1n) is 11.7. The summed E-state index contributed by atoms with van der Waals surface area (Å²) < 4.78 is 0. The Morgan fingerprint density at radius 1 is 0.560 bits per heavy atom. The molecule has 0 saturated heterocycles. The molecule has 0 heterocycles. The Bertz CT molecular complexity index is 232. The van der Waals surface area contributed by atoms with Gasteiger partial charge < -0.3 is 10.4 Å². The van der Waals surface area contributed by atoms with Gasteiger partial charge in [-0.3, -0.25) is 0 Å². The Labute approximate surface area is 159 Å². The predicted molar refractivity (Wildman–Crippen MR) is 113 cm³/mol. The molecule has 0 bridgehead atoms. The van der Waals surface area contributed by atoms with Crippen LogP contribution in [-0.2, 0) is 0 Å². The third kappa shape index (κ3) is 21.9. The summed E-state index contributed by atoms with van der Waals surface area (Å²) in [6, 6.07) is 0. The zero-order chi connectivity index (χ0) is 18.4. The van der Waals surface area contributed by atoms with Gasteiger partial charge in [0.1, 0.15) is 0 Å². The second kappa shape index (κ2) is 22.0. The van der Waals surface area contributed by atoms with E-state index in [0.29, 0.717) is 0 Å². The molecule has 2 N–H and O–H groups in total. The molecule has 0 aliphatic rings. The summed E-state index contributed by atoms with van der Waals surface area (Å²) in [7, 11) is 0. The number of unbranched alkanes of at least 4 members (excludes halogenated alkanes) is 15. The number of hydrogen-bond donors (Lipinski definition) is 2. The van der Waals surface area contributed by atoms with Gasteiger partial charge in [0, 0.05) is 0 Å². The summed E-state index contributed by atoms with van der Waals surface area (Å²) in [6.07, 6.45) is 24.5. The van der Waals surface area contributed by atoms with Crippen molar-refractivity contribution in [3.8, 4) is 0 Å². The van der Waals surface area contributed by atoms with Crippen LogP contribution in [0.1, 0.15) is 129 Å². The molecule has 1 atom stereocenters. The molecule has 0 radical (unpaired) electrons. The van der Waals surface area contributed by atoms with E-state index in [9.17, 15) is 5.11 Å². The second-order valence-electron chi connectivity index (χ2n) is 7.90. The summed E-state index contributed by atoms with van der Waals surface area (Å²) in [4.78, 5) is 0. The molecular formula is C23H49NO. The Balaban J connectivity index is 2.98. The van der Waals surface area contributed by atoms with E-state index in [1.54, 1.807) is 0 Å². The molecule has 152 valence electrons. The van der Waals surface area contributed by atoms with Crippen LogP contribution in [0.2, 0.25) is 0 Å². The summed E-state index contributed by atoms with van der Waals surface area (Å²) in [5.41, 5.74) is 0. The van der Waals surface area contributed by atoms with Crippen LogP contribution in [0.25, 0.3) is 0 Å². The van der Waals surface area contributed by atoms with Crippen molar-refractivity contribution in [2.75, 3.05) is 13.1 Å². The lowest BCUT2D eigenvalue weighted by Gasteiger charge is -2.08. The zero-order valence-electron chi connectivity index (χ0n) is 17.7. The van der Waals surface area contributed by atoms with Crippen LogP contribution in [0, 0.1) is 0 Å². The van der Waals surface area contributed by atoms with E-state index in [0.717, 1.165) is 25.9 Å². The van der Waals surface area contributed by atoms with Gasteiger partial charge >= 0.3 is 0 Å². The summed E-state index contributed by atoms with van der Waals surface area (Å²) in [6.45, 7) is 6.42. The summed E-state index contributed by atoms with van der Waals surface area (Å²) >= 11 is 0. The highest BCUT2D eigenvalue weighted by molar-refractivity contribution is 4.56. The topological polar surface area (TPSA) is 32.3 Å². The zero-order valence-corrected chi connectivity index (χ0v) is 17.7. The van der Waals surface area contributed by atoms with Gasteiger partial charge in [-0.15, -0.1) is 0 Å². The third-order valence-corrected chi connectivity index (χ3v) is 5.33. The van der Waals surface area contributed by atoms with Crippen molar-refractivity contribution in [1.29, 1.82) is 0 Å². The number of nitrogens with one attached hydrogen (secondary N) is 1. The Morgan fingerprint density at radius 2 is 0.960 bits per heavy atom. The van der Waals surface area contributed by atoms with Crippen LogP contribution in [0.5, 0.6) is 0 Å². The predicted octanol–water partition coefficient (Wildman–Crippen LogP) is 7.00. The molecule has 0 amide bonds. The van der Waals surface area contributed by atoms with Crippen molar-refractivity contribution >= 4 is 0 Å². The lowest BCUT2D eigenvalue weighted by atomic mass is 10.0. The molecule has 0 aromatic rings. The fourth-order valence-electron chi connectivity index (χ4n) is 3.40. The monoisotopic (exact) mass is 355 g/mol. The number of hydrogen-bond acceptors (Lipinski definition) is 2. The fourth-order valence-corrected chi connectivity index (χ4v) is 3.40. The molecule has 2 heteroatoms. The van der Waals surface area contributed by atoms with Gasteiger partial charge in [0.05, 0.1) is 6.10 Å². The normalized spacial score (nSPS) is 12.6. The first kappa shape index (κ1) is 24.9. The van der Waals surface area contributed by atoms with E-state index in [1.807, 2.05) is 6.92 Å². The van der Waals surface area contributed by atoms with Gasteiger partial charge in [0.25, 0.3) is 0 Å². The van der Waals surface area contributed by atoms with Crippen LogP contribution in [0.4, 0.5) is 0 Å². The molecule has 0 aromatic heterocycles. The van der Waals surface area contributed by atoms with Gasteiger partial charge in [0.2, 0.25) is 0 Å². The molecule has 0 rings (SSSR count). The Morgan fingerprint density at radius 3 is 1.36 bits per heavy atom. The third-order valence-electron chi connectivity index (χ3n) is 5.33. The Hall–Kier alpha value is -0.0800. The lowest BCUT2D eigenvalue weighted by molar-refractivity contribution is 0.160. The minimum atomic E-state index is -0.113. The molecular weight excluding hydrogens is 306 g/mol. The molecule has 2 nitrogen and oxygen atoms in total. The maximum Gasteiger partial charge on any atom is 0.0549 e. The lowest BCUT2D eigenvalue weighted by Crippen LogP contribution is -2.21. The first-order valence-corrected chi connectivity index (χ1v) is 11.7. The molecule has 0 aliphatic carbocycles. The average molecular weight is 356 g/mol. The van der Waals surface area contributed by atoms with Crippen molar-refractivity contribution in [2.24, 2.45) is 0 Å². The molecule has 0 aliphatic heterocycles.